The molecule has 1 aromatic carbocycles. The fourth-order valence-corrected chi connectivity index (χ4v) is 2.77. The van der Waals surface area contributed by atoms with Crippen molar-refractivity contribution in [3.8, 4) is 5.75 Å². The Bertz CT molecular complexity index is 774. The van der Waals surface area contributed by atoms with Gasteiger partial charge in [0.1, 0.15) is 17.2 Å². The van der Waals surface area contributed by atoms with Gasteiger partial charge in [0.2, 0.25) is 6.23 Å². The Morgan fingerprint density at radius 3 is 2.36 bits per heavy atom. The number of carboxylic acid groups (broad SMARTS) is 1. The van der Waals surface area contributed by atoms with Crippen LogP contribution in [0.1, 0.15) is 26.3 Å². The third-order valence-electron chi connectivity index (χ3n) is 3.96. The molecule has 0 radical (unpaired) electrons. The van der Waals surface area contributed by atoms with Gasteiger partial charge in [-0.1, -0.05) is 32.9 Å². The van der Waals surface area contributed by atoms with Crippen molar-refractivity contribution in [2.24, 2.45) is 5.41 Å². The van der Waals surface area contributed by atoms with Crippen LogP contribution in [0.15, 0.2) is 41.3 Å². The summed E-state index contributed by atoms with van der Waals surface area (Å²) in [5.74, 6) is -0.806. The van der Waals surface area contributed by atoms with Gasteiger partial charge >= 0.3 is 29.6 Å². The summed E-state index contributed by atoms with van der Waals surface area (Å²) in [7, 11) is 1.58. The molecule has 126 valence electrons. The van der Waals surface area contributed by atoms with Crippen molar-refractivity contribution in [1.29, 1.82) is 0 Å². The second-order valence-corrected chi connectivity index (χ2v) is 6.73. The predicted molar refractivity (Wildman–Crippen MR) is 84.2 cm³/mol. The first kappa shape index (κ1) is 19.6. The van der Waals surface area contributed by atoms with Crippen molar-refractivity contribution in [2.45, 2.75) is 27.0 Å². The van der Waals surface area contributed by atoms with Crippen molar-refractivity contribution < 1.29 is 53.7 Å². The van der Waals surface area contributed by atoms with Crippen molar-refractivity contribution in [1.82, 2.24) is 4.90 Å². The summed E-state index contributed by atoms with van der Waals surface area (Å²) in [5.41, 5.74) is 0.502. The number of benzene rings is 1. The number of hydrogen-bond acceptors (Lipinski definition) is 5. The summed E-state index contributed by atoms with van der Waals surface area (Å²) in [4.78, 5) is 25.0. The Kier molecular flexibility index (Phi) is 5.37. The molecular weight excluding hydrogens is 333 g/mol. The number of ether oxygens (including phenoxy) is 2. The number of amides is 1. The summed E-state index contributed by atoms with van der Waals surface area (Å²) in [6.07, 6.45) is 0.989. The molecule has 1 fully saturated rings. The van der Waals surface area contributed by atoms with Crippen LogP contribution in [-0.2, 0) is 14.3 Å². The molecule has 2 aliphatic heterocycles. The van der Waals surface area contributed by atoms with E-state index in [-0.39, 0.29) is 46.9 Å². The largest absolute Gasteiger partial charge is 1.00 e. The molecule has 7 heteroatoms. The second-order valence-electron chi connectivity index (χ2n) is 6.73. The van der Waals surface area contributed by atoms with Gasteiger partial charge < -0.3 is 19.4 Å². The molecule has 2 aliphatic rings. The first-order valence-electron chi connectivity index (χ1n) is 7.56. The maximum atomic E-state index is 12.4. The number of hydrogen-bond donors (Lipinski definition) is 0. The molecule has 0 aromatic heterocycles. The van der Waals surface area contributed by atoms with Crippen LogP contribution in [0.25, 0.3) is 6.08 Å². The van der Waals surface area contributed by atoms with E-state index in [1.165, 1.54) is 0 Å². The fourth-order valence-electron chi connectivity index (χ4n) is 2.77. The summed E-state index contributed by atoms with van der Waals surface area (Å²) in [6.45, 7) is 5.48. The molecule has 0 spiro atoms. The van der Waals surface area contributed by atoms with Gasteiger partial charge in [0.05, 0.1) is 18.7 Å². The number of methoxy groups -OCH3 is 1. The Hall–Kier alpha value is -1.76. The van der Waals surface area contributed by atoms with E-state index in [0.29, 0.717) is 11.3 Å². The van der Waals surface area contributed by atoms with Crippen LogP contribution in [0.5, 0.6) is 5.75 Å². The van der Waals surface area contributed by atoms with Gasteiger partial charge in [-0.2, -0.15) is 0 Å². The summed E-state index contributed by atoms with van der Waals surface area (Å²) >= 11 is 0. The zero-order valence-corrected chi connectivity index (χ0v) is 17.0. The number of carbonyl (C=O) groups excluding carboxylic acids is 2. The predicted octanol–water partition coefficient (Wildman–Crippen LogP) is -1.71. The van der Waals surface area contributed by atoms with Crippen LogP contribution in [0, 0.1) is 5.41 Å². The van der Waals surface area contributed by atoms with Crippen LogP contribution < -0.4 is 39.4 Å². The van der Waals surface area contributed by atoms with Gasteiger partial charge in [-0.25, -0.2) is 0 Å². The second kappa shape index (κ2) is 6.86. The molecular formula is C18H18NNaO5. The zero-order valence-electron chi connectivity index (χ0n) is 15.0. The standard InChI is InChI=1S/C18H19NO5.Na/c1-18(2,3)14-13(17(21)22)19-15(20)12(16(19)24-14)9-10-5-7-11(23-4)8-6-10;/h5-9,16H,1-4H3,(H,21,22);/q;+1/p-1/b12-9-;. The van der Waals surface area contributed by atoms with E-state index < -0.39 is 17.6 Å². The van der Waals surface area contributed by atoms with E-state index in [2.05, 4.69) is 0 Å². The van der Waals surface area contributed by atoms with E-state index in [0.717, 1.165) is 10.5 Å². The third-order valence-corrected chi connectivity index (χ3v) is 3.96. The van der Waals surface area contributed by atoms with Gasteiger partial charge in [0, 0.05) is 5.41 Å². The molecule has 0 bridgehead atoms. The molecule has 1 unspecified atom stereocenters. The Morgan fingerprint density at radius 1 is 1.28 bits per heavy atom. The number of rotatable bonds is 3. The third kappa shape index (κ3) is 3.34. The van der Waals surface area contributed by atoms with Crippen molar-refractivity contribution in [2.75, 3.05) is 7.11 Å². The molecule has 1 saturated heterocycles. The van der Waals surface area contributed by atoms with Crippen LogP contribution in [0.3, 0.4) is 0 Å². The van der Waals surface area contributed by atoms with Crippen LogP contribution in [0.2, 0.25) is 0 Å². The van der Waals surface area contributed by atoms with E-state index in [4.69, 9.17) is 9.47 Å². The average Bonchev–Trinajstić information content (AvgIpc) is 2.89. The van der Waals surface area contributed by atoms with E-state index in [1.807, 2.05) is 32.9 Å². The number of allylic oxidation sites excluding steroid dienone is 1. The topological polar surface area (TPSA) is 78.9 Å². The minimum absolute atomic E-state index is 0. The molecule has 1 amide bonds. The number of carbonyl (C=O) groups is 2. The average molecular weight is 351 g/mol. The molecule has 2 heterocycles. The number of carboxylic acids is 1. The van der Waals surface area contributed by atoms with E-state index in [1.54, 1.807) is 25.3 Å². The smallest absolute Gasteiger partial charge is 0.543 e. The van der Waals surface area contributed by atoms with Crippen LogP contribution in [0.4, 0.5) is 0 Å². The Balaban J connectivity index is 0.00000225. The maximum Gasteiger partial charge on any atom is 1.00 e. The SMILES string of the molecule is COc1ccc(/C=C2/C(=O)N3C(C(=O)[O-])=C(C(C)(C)C)OC23)cc1.[Na+]. The first-order valence-corrected chi connectivity index (χ1v) is 7.56. The maximum absolute atomic E-state index is 12.4. The number of β-lactam (4-membered cyclic amide) rings is 1. The molecule has 1 atom stereocenters. The van der Waals surface area contributed by atoms with Gasteiger partial charge in [-0.05, 0) is 23.8 Å². The number of fused-ring (bicyclic) bond motifs is 1. The molecule has 6 nitrogen and oxygen atoms in total. The Morgan fingerprint density at radius 2 is 1.88 bits per heavy atom. The fraction of sp³-hybridized carbons (Fsp3) is 0.333. The van der Waals surface area contributed by atoms with Gasteiger partial charge in [0.25, 0.3) is 5.91 Å². The van der Waals surface area contributed by atoms with Gasteiger partial charge in [-0.15, -0.1) is 0 Å². The number of aliphatic carboxylic acids is 1. The minimum atomic E-state index is -1.40. The van der Waals surface area contributed by atoms with Crippen molar-refractivity contribution in [3.05, 3.63) is 46.9 Å². The van der Waals surface area contributed by atoms with Crippen LogP contribution in [-0.4, -0.2) is 30.1 Å². The first-order chi connectivity index (χ1) is 11.2. The summed E-state index contributed by atoms with van der Waals surface area (Å²) in [6, 6.07) is 7.20. The molecule has 1 aromatic rings. The minimum Gasteiger partial charge on any atom is -0.543 e. The molecule has 0 aliphatic carbocycles. The van der Waals surface area contributed by atoms with E-state index >= 15 is 0 Å². The summed E-state index contributed by atoms with van der Waals surface area (Å²) in [5, 5.41) is 11.5. The van der Waals surface area contributed by atoms with Gasteiger partial charge in [0.15, 0.2) is 0 Å². The quantitative estimate of drug-likeness (QED) is 0.368. The Labute approximate surface area is 168 Å². The zero-order chi connectivity index (χ0) is 17.6. The normalized spacial score (nSPS) is 20.6. The number of nitrogens with zero attached hydrogens (tertiary/aromatic N) is 1. The van der Waals surface area contributed by atoms with Gasteiger partial charge in [-0.3, -0.25) is 9.69 Å². The monoisotopic (exact) mass is 351 g/mol. The molecule has 0 saturated carbocycles. The van der Waals surface area contributed by atoms with E-state index in [9.17, 15) is 14.7 Å². The summed E-state index contributed by atoms with van der Waals surface area (Å²) < 4.78 is 10.9. The molecule has 0 N–H and O–H groups in total. The molecule has 25 heavy (non-hydrogen) atoms. The molecule has 3 rings (SSSR count). The van der Waals surface area contributed by atoms with Crippen molar-refractivity contribution in [3.63, 3.8) is 0 Å². The van der Waals surface area contributed by atoms with Crippen molar-refractivity contribution >= 4 is 18.0 Å². The van der Waals surface area contributed by atoms with Crippen LogP contribution >= 0.6 is 0 Å².